The number of ether oxygens (including phenoxy) is 1. The molecule has 0 bridgehead atoms. The maximum Gasteiger partial charge on any atom is 0.409 e. The zero-order chi connectivity index (χ0) is 25.8. The molecule has 0 unspecified atom stereocenters. The fourth-order valence-corrected chi connectivity index (χ4v) is 5.28. The Morgan fingerprint density at radius 1 is 1.22 bits per heavy atom. The Bertz CT molecular complexity index is 1300. The van der Waals surface area contributed by atoms with E-state index in [0.29, 0.717) is 48.6 Å². The number of thiocarbonyl (C=S) groups is 1. The first-order chi connectivity index (χ1) is 17.3. The van der Waals surface area contributed by atoms with Gasteiger partial charge >= 0.3 is 12.1 Å². The molecule has 0 spiro atoms. The molecule has 0 aromatic carbocycles. The number of carbonyl (C=O) groups excluding carboxylic acids is 2. The zero-order valence-electron chi connectivity index (χ0n) is 19.6. The number of hydrogen-bond donors (Lipinski definition) is 1. The van der Waals surface area contributed by atoms with Crippen LogP contribution in [0.1, 0.15) is 25.3 Å². The van der Waals surface area contributed by atoms with Gasteiger partial charge in [0.1, 0.15) is 15.8 Å². The maximum absolute atomic E-state index is 13.5. The van der Waals surface area contributed by atoms with Gasteiger partial charge in [0.2, 0.25) is 0 Å². The topological polar surface area (TPSA) is 125 Å². The van der Waals surface area contributed by atoms with Crippen LogP contribution in [0, 0.1) is 0 Å². The van der Waals surface area contributed by atoms with Crippen molar-refractivity contribution < 1.29 is 24.2 Å². The fourth-order valence-electron chi connectivity index (χ4n) is 3.99. The first kappa shape index (κ1) is 25.6. The molecule has 2 aromatic rings. The highest BCUT2D eigenvalue weighted by Crippen LogP contribution is 2.33. The lowest BCUT2D eigenvalue weighted by Gasteiger charge is -2.35. The van der Waals surface area contributed by atoms with E-state index in [4.69, 9.17) is 27.0 Å². The highest BCUT2D eigenvalue weighted by atomic mass is 32.2. The van der Waals surface area contributed by atoms with E-state index in [9.17, 15) is 19.2 Å². The number of carboxylic acid groups (broad SMARTS) is 1. The van der Waals surface area contributed by atoms with Gasteiger partial charge in [-0.1, -0.05) is 30.0 Å². The molecule has 36 heavy (non-hydrogen) atoms. The molecule has 13 heteroatoms. The molecule has 190 valence electrons. The standard InChI is InChI=1S/C23H25N5O6S2/c1-2-34-22(33)26-12-10-25(11-13-26)19-15(20(31)27-8-4-3-6-17(27)24-19)14-16-21(32)28(23(35)36-16)9-5-7-18(29)30/h3-4,6,8,14H,2,5,7,9-13H2,1H3,(H,29,30)/b16-14+. The summed E-state index contributed by atoms with van der Waals surface area (Å²) in [7, 11) is 0. The number of nitrogens with zero attached hydrogens (tertiary/aromatic N) is 5. The molecule has 0 radical (unpaired) electrons. The summed E-state index contributed by atoms with van der Waals surface area (Å²) in [6, 6.07) is 5.23. The average molecular weight is 532 g/mol. The summed E-state index contributed by atoms with van der Waals surface area (Å²) in [6.07, 6.45) is 2.94. The SMILES string of the molecule is CCOC(=O)N1CCN(c2nc3ccccn3c(=O)c2/C=C2/SC(=S)N(CCCC(=O)O)C2=O)CC1. The van der Waals surface area contributed by atoms with E-state index in [1.807, 2.05) is 4.90 Å². The third-order valence-electron chi connectivity index (χ3n) is 5.78. The summed E-state index contributed by atoms with van der Waals surface area (Å²) >= 11 is 6.41. The first-order valence-electron chi connectivity index (χ1n) is 11.5. The molecule has 0 aliphatic carbocycles. The number of aromatic nitrogens is 2. The molecule has 2 amide bonds. The molecule has 2 fully saturated rings. The molecule has 2 saturated heterocycles. The van der Waals surface area contributed by atoms with Crippen LogP contribution in [0.5, 0.6) is 0 Å². The first-order valence-corrected chi connectivity index (χ1v) is 12.7. The van der Waals surface area contributed by atoms with Crippen molar-refractivity contribution in [3.63, 3.8) is 0 Å². The quantitative estimate of drug-likeness (QED) is 0.419. The van der Waals surface area contributed by atoms with Gasteiger partial charge in [-0.05, 0) is 31.6 Å². The molecule has 4 rings (SSSR count). The second-order valence-electron chi connectivity index (χ2n) is 8.09. The molecule has 1 N–H and O–H groups in total. The molecular weight excluding hydrogens is 506 g/mol. The van der Waals surface area contributed by atoms with Crippen molar-refractivity contribution in [1.29, 1.82) is 0 Å². The van der Waals surface area contributed by atoms with Gasteiger partial charge in [0, 0.05) is 45.3 Å². The van der Waals surface area contributed by atoms with Gasteiger partial charge in [0.25, 0.3) is 11.5 Å². The molecule has 0 saturated carbocycles. The average Bonchev–Trinajstić information content (AvgIpc) is 3.13. The Hall–Kier alpha value is -3.45. The monoisotopic (exact) mass is 531 g/mol. The summed E-state index contributed by atoms with van der Waals surface area (Å²) in [4.78, 5) is 59.3. The summed E-state index contributed by atoms with van der Waals surface area (Å²) in [5, 5.41) is 8.88. The van der Waals surface area contributed by atoms with Gasteiger partial charge < -0.3 is 19.6 Å². The number of fused-ring (bicyclic) bond motifs is 1. The Labute approximate surface area is 216 Å². The number of thioether (sulfide) groups is 1. The van der Waals surface area contributed by atoms with Crippen LogP contribution in [-0.2, 0) is 14.3 Å². The van der Waals surface area contributed by atoms with Gasteiger partial charge in [-0.2, -0.15) is 0 Å². The van der Waals surface area contributed by atoms with E-state index in [0.717, 1.165) is 11.8 Å². The summed E-state index contributed by atoms with van der Waals surface area (Å²) in [5.74, 6) is -0.893. The highest BCUT2D eigenvalue weighted by Gasteiger charge is 2.33. The van der Waals surface area contributed by atoms with Crippen LogP contribution >= 0.6 is 24.0 Å². The van der Waals surface area contributed by atoms with E-state index in [1.165, 1.54) is 15.4 Å². The number of carboxylic acids is 1. The predicted molar refractivity (Wildman–Crippen MR) is 139 cm³/mol. The largest absolute Gasteiger partial charge is 0.481 e. The maximum atomic E-state index is 13.5. The minimum atomic E-state index is -0.945. The van der Waals surface area contributed by atoms with E-state index in [1.54, 1.807) is 36.2 Å². The van der Waals surface area contributed by atoms with Crippen molar-refractivity contribution in [2.45, 2.75) is 19.8 Å². The molecule has 4 heterocycles. The summed E-state index contributed by atoms with van der Waals surface area (Å²) in [6.45, 7) is 3.91. The molecule has 2 aliphatic heterocycles. The van der Waals surface area contributed by atoms with Crippen molar-refractivity contribution in [3.8, 4) is 0 Å². The normalized spacial score (nSPS) is 17.4. The molecule has 0 atom stereocenters. The predicted octanol–water partition coefficient (Wildman–Crippen LogP) is 2.04. The number of anilines is 1. The minimum Gasteiger partial charge on any atom is -0.481 e. The van der Waals surface area contributed by atoms with Gasteiger partial charge in [0.15, 0.2) is 0 Å². The summed E-state index contributed by atoms with van der Waals surface area (Å²) in [5.41, 5.74) is 0.373. The molecule has 2 aliphatic rings. The Morgan fingerprint density at radius 2 is 1.97 bits per heavy atom. The van der Waals surface area contributed by atoms with E-state index in [-0.39, 0.29) is 47.4 Å². The Kier molecular flexibility index (Phi) is 7.89. The second kappa shape index (κ2) is 11.1. The number of hydrogen-bond acceptors (Lipinski definition) is 9. The number of amides is 2. The number of carbonyl (C=O) groups is 3. The van der Waals surface area contributed by atoms with Crippen LogP contribution in [-0.4, -0.2) is 85.9 Å². The number of rotatable bonds is 7. The van der Waals surface area contributed by atoms with Gasteiger partial charge in [-0.25, -0.2) is 9.78 Å². The zero-order valence-corrected chi connectivity index (χ0v) is 21.2. The molecule has 11 nitrogen and oxygen atoms in total. The van der Waals surface area contributed by atoms with E-state index < -0.39 is 5.97 Å². The van der Waals surface area contributed by atoms with Crippen molar-refractivity contribution in [3.05, 3.63) is 45.2 Å². The van der Waals surface area contributed by atoms with Crippen LogP contribution in [0.15, 0.2) is 34.1 Å². The third kappa shape index (κ3) is 5.36. The Morgan fingerprint density at radius 3 is 2.67 bits per heavy atom. The van der Waals surface area contributed by atoms with Crippen molar-refractivity contribution in [2.24, 2.45) is 0 Å². The second-order valence-corrected chi connectivity index (χ2v) is 9.76. The highest BCUT2D eigenvalue weighted by molar-refractivity contribution is 8.26. The van der Waals surface area contributed by atoms with Crippen LogP contribution in [0.4, 0.5) is 10.6 Å². The third-order valence-corrected chi connectivity index (χ3v) is 7.15. The van der Waals surface area contributed by atoms with Crippen LogP contribution in [0.25, 0.3) is 11.7 Å². The van der Waals surface area contributed by atoms with E-state index >= 15 is 0 Å². The minimum absolute atomic E-state index is 0.0754. The van der Waals surface area contributed by atoms with Gasteiger partial charge in [-0.15, -0.1) is 0 Å². The number of pyridine rings is 1. The fraction of sp³-hybridized carbons (Fsp3) is 0.391. The van der Waals surface area contributed by atoms with E-state index in [2.05, 4.69) is 0 Å². The smallest absolute Gasteiger partial charge is 0.409 e. The van der Waals surface area contributed by atoms with Crippen molar-refractivity contribution >= 4 is 63.8 Å². The van der Waals surface area contributed by atoms with Gasteiger partial charge in [0.05, 0.1) is 17.1 Å². The number of piperazine rings is 1. The van der Waals surface area contributed by atoms with Crippen LogP contribution < -0.4 is 10.5 Å². The lowest BCUT2D eigenvalue weighted by atomic mass is 10.2. The lowest BCUT2D eigenvalue weighted by molar-refractivity contribution is -0.137. The van der Waals surface area contributed by atoms with Crippen LogP contribution in [0.3, 0.4) is 0 Å². The van der Waals surface area contributed by atoms with Crippen molar-refractivity contribution in [1.82, 2.24) is 19.2 Å². The van der Waals surface area contributed by atoms with Crippen molar-refractivity contribution in [2.75, 3.05) is 44.2 Å². The molecular formula is C23H25N5O6S2. The van der Waals surface area contributed by atoms with Gasteiger partial charge in [-0.3, -0.25) is 23.7 Å². The molecule has 2 aromatic heterocycles. The lowest BCUT2D eigenvalue weighted by Crippen LogP contribution is -2.49. The van der Waals surface area contributed by atoms with Crippen LogP contribution in [0.2, 0.25) is 0 Å². The summed E-state index contributed by atoms with van der Waals surface area (Å²) < 4.78 is 6.81. The number of aliphatic carboxylic acids is 1. The Balaban J connectivity index is 1.66.